The summed E-state index contributed by atoms with van der Waals surface area (Å²) in [5, 5.41) is 4.59. The lowest BCUT2D eigenvalue weighted by molar-refractivity contribution is 0.344. The number of fused-ring (bicyclic) bond motifs is 4. The highest BCUT2D eigenvalue weighted by Gasteiger charge is 2.33. The van der Waals surface area contributed by atoms with Crippen molar-refractivity contribution in [3.05, 3.63) is 12.2 Å². The molecule has 3 unspecified atom stereocenters. The van der Waals surface area contributed by atoms with Gasteiger partial charge < -0.3 is 0 Å². The van der Waals surface area contributed by atoms with Gasteiger partial charge in [-0.2, -0.15) is 5.10 Å². The molecule has 17 heavy (non-hydrogen) atoms. The van der Waals surface area contributed by atoms with Crippen molar-refractivity contribution >= 4 is 0 Å². The molecular weight excluding hydrogens is 210 g/mol. The maximum Gasteiger partial charge on any atom is 0.150 e. The van der Waals surface area contributed by atoms with Crippen LogP contribution in [0.15, 0.2) is 6.33 Å². The fourth-order valence-corrected chi connectivity index (χ4v) is 3.83. The van der Waals surface area contributed by atoms with Crippen molar-refractivity contribution in [2.75, 3.05) is 0 Å². The van der Waals surface area contributed by atoms with Gasteiger partial charge in [-0.3, -0.25) is 4.68 Å². The third-order valence-corrected chi connectivity index (χ3v) is 4.72. The van der Waals surface area contributed by atoms with Gasteiger partial charge in [-0.15, -0.1) is 0 Å². The maximum absolute atomic E-state index is 4.59. The van der Waals surface area contributed by atoms with Crippen LogP contribution in [0.25, 0.3) is 0 Å². The molecule has 1 aliphatic heterocycles. The van der Waals surface area contributed by atoms with E-state index in [-0.39, 0.29) is 0 Å². The summed E-state index contributed by atoms with van der Waals surface area (Å²) in [6.07, 6.45) is 11.3. The number of aryl methyl sites for hydroxylation is 1. The normalized spacial score (nSPS) is 33.4. The van der Waals surface area contributed by atoms with Crippen LogP contribution < -0.4 is 0 Å². The minimum Gasteiger partial charge on any atom is -0.252 e. The molecule has 0 radical (unpaired) electrons. The van der Waals surface area contributed by atoms with Gasteiger partial charge in [-0.25, -0.2) is 4.98 Å². The smallest absolute Gasteiger partial charge is 0.150 e. The van der Waals surface area contributed by atoms with Crippen LogP contribution in [-0.4, -0.2) is 14.8 Å². The highest BCUT2D eigenvalue weighted by atomic mass is 15.3. The fraction of sp³-hybridized carbons (Fsp3) is 0.857. The lowest BCUT2D eigenvalue weighted by atomic mass is 9.89. The molecule has 1 saturated carbocycles. The number of hydrogen-bond acceptors (Lipinski definition) is 2. The number of hydrogen-bond donors (Lipinski definition) is 0. The van der Waals surface area contributed by atoms with E-state index in [1.807, 2.05) is 6.33 Å². The van der Waals surface area contributed by atoms with Crippen molar-refractivity contribution in [3.8, 4) is 0 Å². The van der Waals surface area contributed by atoms with Gasteiger partial charge in [-0.05, 0) is 37.0 Å². The van der Waals surface area contributed by atoms with Crippen molar-refractivity contribution in [2.45, 2.75) is 58.4 Å². The highest BCUT2D eigenvalue weighted by molar-refractivity contribution is 4.87. The Morgan fingerprint density at radius 1 is 1.35 bits per heavy atom. The predicted octanol–water partition coefficient (Wildman–Crippen LogP) is 3.06. The van der Waals surface area contributed by atoms with Gasteiger partial charge in [0.15, 0.2) is 5.82 Å². The fourth-order valence-electron chi connectivity index (χ4n) is 3.83. The Labute approximate surface area is 104 Å². The van der Waals surface area contributed by atoms with Crippen molar-refractivity contribution < 1.29 is 0 Å². The molecule has 2 aliphatic rings. The number of rotatable bonds is 1. The molecule has 94 valence electrons. The van der Waals surface area contributed by atoms with Gasteiger partial charge in [0.2, 0.25) is 0 Å². The SMILES string of the molecule is CCC1CC2CC1CCCCc1ncn(n1)C2. The average molecular weight is 233 g/mol. The zero-order valence-corrected chi connectivity index (χ0v) is 10.8. The molecule has 1 fully saturated rings. The number of aromatic nitrogens is 3. The Balaban J connectivity index is 1.77. The topological polar surface area (TPSA) is 30.7 Å². The average Bonchev–Trinajstić information content (AvgIpc) is 2.89. The zero-order chi connectivity index (χ0) is 11.7. The van der Waals surface area contributed by atoms with E-state index >= 15 is 0 Å². The quantitative estimate of drug-likeness (QED) is 0.746. The summed E-state index contributed by atoms with van der Waals surface area (Å²) >= 11 is 0. The molecule has 1 aliphatic carbocycles. The van der Waals surface area contributed by atoms with Crippen molar-refractivity contribution in [3.63, 3.8) is 0 Å². The molecule has 0 spiro atoms. The van der Waals surface area contributed by atoms with Crippen molar-refractivity contribution in [1.82, 2.24) is 14.8 Å². The van der Waals surface area contributed by atoms with Crippen LogP contribution in [0.4, 0.5) is 0 Å². The van der Waals surface area contributed by atoms with Crippen LogP contribution in [0, 0.1) is 17.8 Å². The lowest BCUT2D eigenvalue weighted by Crippen LogP contribution is -2.09. The standard InChI is InChI=1S/C14H23N3/c1-2-12-7-11-8-13(12)5-3-4-6-14-15-10-17(9-11)16-14/h10-13H,2-9H2,1H3. The Bertz CT molecular complexity index is 371. The highest BCUT2D eigenvalue weighted by Crippen LogP contribution is 2.41. The molecule has 3 atom stereocenters. The van der Waals surface area contributed by atoms with E-state index < -0.39 is 0 Å². The van der Waals surface area contributed by atoms with Crippen LogP contribution in [0.3, 0.4) is 0 Å². The van der Waals surface area contributed by atoms with Gasteiger partial charge in [0, 0.05) is 13.0 Å². The molecule has 0 amide bonds. The molecule has 3 rings (SSSR count). The predicted molar refractivity (Wildman–Crippen MR) is 67.6 cm³/mol. The first-order chi connectivity index (χ1) is 8.35. The second-order valence-electron chi connectivity index (χ2n) is 5.89. The first-order valence-corrected chi connectivity index (χ1v) is 7.23. The van der Waals surface area contributed by atoms with Crippen molar-refractivity contribution in [1.29, 1.82) is 0 Å². The molecule has 0 aromatic carbocycles. The first kappa shape index (κ1) is 11.2. The largest absolute Gasteiger partial charge is 0.252 e. The van der Waals surface area contributed by atoms with E-state index in [1.54, 1.807) is 0 Å². The third-order valence-electron chi connectivity index (χ3n) is 4.72. The second-order valence-corrected chi connectivity index (χ2v) is 5.89. The van der Waals surface area contributed by atoms with Gasteiger partial charge in [0.1, 0.15) is 6.33 Å². The van der Waals surface area contributed by atoms with E-state index in [2.05, 4.69) is 21.7 Å². The molecule has 0 saturated heterocycles. The van der Waals surface area contributed by atoms with Crippen LogP contribution in [-0.2, 0) is 13.0 Å². The minimum atomic E-state index is 0.845. The zero-order valence-electron chi connectivity index (χ0n) is 10.8. The van der Waals surface area contributed by atoms with E-state index in [9.17, 15) is 0 Å². The summed E-state index contributed by atoms with van der Waals surface area (Å²) < 4.78 is 2.08. The molecule has 3 nitrogen and oxygen atoms in total. The Morgan fingerprint density at radius 2 is 2.29 bits per heavy atom. The minimum absolute atomic E-state index is 0.845. The summed E-state index contributed by atoms with van der Waals surface area (Å²) in [6.45, 7) is 3.46. The van der Waals surface area contributed by atoms with E-state index in [1.165, 1.54) is 38.5 Å². The van der Waals surface area contributed by atoms with Gasteiger partial charge in [0.25, 0.3) is 0 Å². The molecule has 3 heteroatoms. The van der Waals surface area contributed by atoms with Crippen LogP contribution in [0.2, 0.25) is 0 Å². The first-order valence-electron chi connectivity index (χ1n) is 7.23. The monoisotopic (exact) mass is 233 g/mol. The molecule has 0 N–H and O–H groups in total. The third kappa shape index (κ3) is 2.38. The van der Waals surface area contributed by atoms with E-state index in [0.29, 0.717) is 0 Å². The van der Waals surface area contributed by atoms with Gasteiger partial charge in [0.05, 0.1) is 0 Å². The maximum atomic E-state index is 4.59. The molecule has 2 heterocycles. The summed E-state index contributed by atoms with van der Waals surface area (Å²) in [7, 11) is 0. The Hall–Kier alpha value is -0.860. The Morgan fingerprint density at radius 3 is 3.18 bits per heavy atom. The second kappa shape index (κ2) is 4.79. The van der Waals surface area contributed by atoms with Gasteiger partial charge >= 0.3 is 0 Å². The summed E-state index contributed by atoms with van der Waals surface area (Å²) in [5.41, 5.74) is 0. The molecular formula is C14H23N3. The lowest BCUT2D eigenvalue weighted by Gasteiger charge is -2.17. The number of nitrogens with zero attached hydrogens (tertiary/aromatic N) is 3. The summed E-state index contributed by atoms with van der Waals surface area (Å²) in [4.78, 5) is 4.40. The van der Waals surface area contributed by atoms with E-state index in [4.69, 9.17) is 0 Å². The van der Waals surface area contributed by atoms with Crippen molar-refractivity contribution in [2.24, 2.45) is 17.8 Å². The molecule has 1 aromatic rings. The van der Waals surface area contributed by atoms with Gasteiger partial charge in [-0.1, -0.05) is 26.2 Å². The van der Waals surface area contributed by atoms with E-state index in [0.717, 1.165) is 36.5 Å². The Kier molecular flexibility index (Phi) is 3.17. The van der Waals surface area contributed by atoms with Crippen LogP contribution in [0.1, 0.15) is 51.3 Å². The molecule has 4 bridgehead atoms. The summed E-state index contributed by atoms with van der Waals surface area (Å²) in [5.74, 6) is 3.86. The van der Waals surface area contributed by atoms with Crippen LogP contribution in [0.5, 0.6) is 0 Å². The molecule has 1 aromatic heterocycles. The van der Waals surface area contributed by atoms with Crippen LogP contribution >= 0.6 is 0 Å². The summed E-state index contributed by atoms with van der Waals surface area (Å²) in [6, 6.07) is 0.